The zero-order valence-corrected chi connectivity index (χ0v) is 20.0. The van der Waals surface area contributed by atoms with Crippen LogP contribution in [-0.2, 0) is 32.3 Å². The summed E-state index contributed by atoms with van der Waals surface area (Å²) in [5, 5.41) is 6.23. The lowest BCUT2D eigenvalue weighted by Crippen LogP contribution is -2.47. The van der Waals surface area contributed by atoms with Crippen LogP contribution in [0.25, 0.3) is 0 Å². The number of halogens is 1. The van der Waals surface area contributed by atoms with Crippen LogP contribution in [0.15, 0.2) is 29.4 Å². The molecule has 11 nitrogen and oxygen atoms in total. The fourth-order valence-electron chi connectivity index (χ4n) is 4.33. The van der Waals surface area contributed by atoms with Crippen LogP contribution < -0.4 is 16.4 Å². The van der Waals surface area contributed by atoms with Crippen molar-refractivity contribution in [2.24, 2.45) is 5.73 Å². The van der Waals surface area contributed by atoms with Crippen LogP contribution in [0.4, 0.5) is 20.7 Å². The predicted octanol–water partition coefficient (Wildman–Crippen LogP) is 1.25. The fraction of sp³-hybridized carbons (Fsp3) is 0.455. The average molecular weight is 507 g/mol. The number of sulfone groups is 1. The summed E-state index contributed by atoms with van der Waals surface area (Å²) in [6, 6.07) is 3.49. The molecule has 4 N–H and O–H groups in total. The number of carbonyl (C=O) groups excluding carboxylic acids is 2. The number of rotatable bonds is 6. The van der Waals surface area contributed by atoms with Gasteiger partial charge in [-0.25, -0.2) is 27.6 Å². The molecule has 35 heavy (non-hydrogen) atoms. The molecule has 2 atom stereocenters. The highest BCUT2D eigenvalue weighted by Gasteiger charge is 2.29. The van der Waals surface area contributed by atoms with E-state index in [1.807, 2.05) is 0 Å². The van der Waals surface area contributed by atoms with Gasteiger partial charge in [-0.3, -0.25) is 4.79 Å². The van der Waals surface area contributed by atoms with E-state index in [1.165, 1.54) is 18.5 Å². The highest BCUT2D eigenvalue weighted by atomic mass is 32.2. The molecule has 1 fully saturated rings. The minimum absolute atomic E-state index is 0.0517. The number of nitrogens with zero attached hydrogens (tertiary/aromatic N) is 3. The van der Waals surface area contributed by atoms with Crippen LogP contribution in [0, 0.1) is 5.82 Å². The van der Waals surface area contributed by atoms with E-state index < -0.39 is 27.9 Å². The van der Waals surface area contributed by atoms with Gasteiger partial charge in [-0.2, -0.15) is 0 Å². The molecular formula is C22H27FN6O5S. The maximum atomic E-state index is 14.5. The summed E-state index contributed by atoms with van der Waals surface area (Å²) in [6.45, 7) is 1.29. The van der Waals surface area contributed by atoms with E-state index in [0.717, 1.165) is 30.0 Å². The second-order valence-electron chi connectivity index (χ2n) is 8.71. The summed E-state index contributed by atoms with van der Waals surface area (Å²) >= 11 is 0. The standard InChI is InChI=1S/C22H27FN6O5S/c1-35(32,33)15-4-5-18(17(23)9-15)28-21-16-10-25-13(7-19(16)26-12-27-21)8-20(30)29-6-2-3-14(11-29)34-22(24)31/h4-5,9,12-14,25H,2-3,6-8,10-11H2,1H3,(H2,24,31)(H,26,27,28)/t13?,14-/m1/s1. The Balaban J connectivity index is 1.41. The van der Waals surface area contributed by atoms with Crippen molar-refractivity contribution in [2.75, 3.05) is 24.7 Å². The lowest BCUT2D eigenvalue weighted by Gasteiger charge is -2.34. The van der Waals surface area contributed by atoms with Gasteiger partial charge in [0.05, 0.1) is 22.8 Å². The molecule has 1 aromatic carbocycles. The van der Waals surface area contributed by atoms with Gasteiger partial charge < -0.3 is 26.0 Å². The van der Waals surface area contributed by atoms with E-state index in [4.69, 9.17) is 10.5 Å². The number of aromatic nitrogens is 2. The Bertz CT molecular complexity index is 1240. The Morgan fingerprint density at radius 2 is 2.14 bits per heavy atom. The molecule has 2 aliphatic rings. The molecule has 3 heterocycles. The summed E-state index contributed by atoms with van der Waals surface area (Å²) in [7, 11) is -3.52. The molecule has 188 valence electrons. The van der Waals surface area contributed by atoms with E-state index in [1.54, 1.807) is 4.90 Å². The first-order valence-corrected chi connectivity index (χ1v) is 13.1. The number of piperidine rings is 1. The third-order valence-corrected chi connectivity index (χ3v) is 7.21. The molecule has 2 aliphatic heterocycles. The zero-order valence-electron chi connectivity index (χ0n) is 19.2. The van der Waals surface area contributed by atoms with Crippen LogP contribution in [0.3, 0.4) is 0 Å². The van der Waals surface area contributed by atoms with Gasteiger partial charge in [-0.1, -0.05) is 0 Å². The molecule has 4 rings (SSSR count). The summed E-state index contributed by atoms with van der Waals surface area (Å²) < 4.78 is 42.9. The van der Waals surface area contributed by atoms with Crippen LogP contribution >= 0.6 is 0 Å². The van der Waals surface area contributed by atoms with Crippen molar-refractivity contribution in [2.45, 2.75) is 49.3 Å². The number of ether oxygens (including phenoxy) is 1. The minimum atomic E-state index is -3.52. The van der Waals surface area contributed by atoms with Gasteiger partial charge in [-0.05, 0) is 31.0 Å². The third-order valence-electron chi connectivity index (χ3n) is 6.10. The van der Waals surface area contributed by atoms with Crippen LogP contribution in [0.1, 0.15) is 30.5 Å². The first-order chi connectivity index (χ1) is 16.6. The summed E-state index contributed by atoms with van der Waals surface area (Å²) in [5.74, 6) is -0.363. The molecule has 0 spiro atoms. The molecule has 0 saturated carbocycles. The molecule has 0 radical (unpaired) electrons. The van der Waals surface area contributed by atoms with Gasteiger partial charge in [0, 0.05) is 43.8 Å². The molecule has 0 bridgehead atoms. The molecule has 1 aromatic heterocycles. The maximum absolute atomic E-state index is 14.5. The molecule has 1 saturated heterocycles. The van der Waals surface area contributed by atoms with Gasteiger partial charge in [-0.15, -0.1) is 0 Å². The van der Waals surface area contributed by atoms with Crippen molar-refractivity contribution >= 4 is 33.3 Å². The van der Waals surface area contributed by atoms with Gasteiger partial charge in [0.1, 0.15) is 24.1 Å². The summed E-state index contributed by atoms with van der Waals surface area (Å²) in [6.07, 6.45) is 3.27. The molecule has 1 unspecified atom stereocenters. The predicted molar refractivity (Wildman–Crippen MR) is 124 cm³/mol. The monoisotopic (exact) mass is 506 g/mol. The first kappa shape index (κ1) is 24.8. The highest BCUT2D eigenvalue weighted by molar-refractivity contribution is 7.90. The highest BCUT2D eigenvalue weighted by Crippen LogP contribution is 2.27. The van der Waals surface area contributed by atoms with E-state index in [9.17, 15) is 22.4 Å². The molecule has 13 heteroatoms. The van der Waals surface area contributed by atoms with Crippen molar-refractivity contribution in [1.82, 2.24) is 20.2 Å². The van der Waals surface area contributed by atoms with Gasteiger partial charge in [0.15, 0.2) is 9.84 Å². The van der Waals surface area contributed by atoms with Crippen LogP contribution in [0.2, 0.25) is 0 Å². The van der Waals surface area contributed by atoms with Crippen LogP contribution in [-0.4, -0.2) is 66.8 Å². The normalized spacial score (nSPS) is 20.1. The Labute approximate surface area is 202 Å². The van der Waals surface area contributed by atoms with E-state index >= 15 is 0 Å². The number of amides is 2. The number of nitrogens with two attached hydrogens (primary N) is 1. The third kappa shape index (κ3) is 6.03. The molecular weight excluding hydrogens is 479 g/mol. The minimum Gasteiger partial charge on any atom is -0.445 e. The number of anilines is 2. The topological polar surface area (TPSA) is 157 Å². The van der Waals surface area contributed by atoms with Gasteiger partial charge >= 0.3 is 6.09 Å². The van der Waals surface area contributed by atoms with E-state index in [2.05, 4.69) is 20.6 Å². The van der Waals surface area contributed by atoms with Crippen LogP contribution in [0.5, 0.6) is 0 Å². The van der Waals surface area contributed by atoms with Crippen molar-refractivity contribution < 1.29 is 27.1 Å². The van der Waals surface area contributed by atoms with Gasteiger partial charge in [0.25, 0.3) is 0 Å². The number of primary amides is 1. The van der Waals surface area contributed by atoms with Crippen molar-refractivity contribution in [3.05, 3.63) is 41.6 Å². The Kier molecular flexibility index (Phi) is 7.17. The smallest absolute Gasteiger partial charge is 0.404 e. The van der Waals surface area contributed by atoms with E-state index in [0.29, 0.717) is 38.3 Å². The Hall–Kier alpha value is -3.32. The summed E-state index contributed by atoms with van der Waals surface area (Å²) in [4.78, 5) is 34.0. The number of benzene rings is 1. The molecule has 0 aliphatic carbocycles. The number of likely N-dealkylation sites (tertiary alicyclic amines) is 1. The maximum Gasteiger partial charge on any atom is 0.404 e. The lowest BCUT2D eigenvalue weighted by atomic mass is 9.98. The SMILES string of the molecule is CS(=O)(=O)c1ccc(Nc2ncnc3c2CNC(CC(=O)N2CCC[C@@H](OC(N)=O)C2)C3)c(F)c1. The van der Waals surface area contributed by atoms with Crippen molar-refractivity contribution in [3.63, 3.8) is 0 Å². The molecule has 2 amide bonds. The Morgan fingerprint density at radius 1 is 1.34 bits per heavy atom. The van der Waals surface area contributed by atoms with Crippen molar-refractivity contribution in [1.29, 1.82) is 0 Å². The number of hydrogen-bond acceptors (Lipinski definition) is 9. The zero-order chi connectivity index (χ0) is 25.2. The fourth-order valence-corrected chi connectivity index (χ4v) is 4.97. The largest absolute Gasteiger partial charge is 0.445 e. The Morgan fingerprint density at radius 3 is 2.86 bits per heavy atom. The van der Waals surface area contributed by atoms with E-state index in [-0.39, 0.29) is 29.0 Å². The quantitative estimate of drug-likeness (QED) is 0.525. The summed E-state index contributed by atoms with van der Waals surface area (Å²) in [5.41, 5.74) is 6.67. The first-order valence-electron chi connectivity index (χ1n) is 11.2. The number of fused-ring (bicyclic) bond motifs is 1. The average Bonchev–Trinajstić information content (AvgIpc) is 2.79. The second-order valence-corrected chi connectivity index (χ2v) is 10.7. The van der Waals surface area contributed by atoms with Gasteiger partial charge in [0.2, 0.25) is 5.91 Å². The van der Waals surface area contributed by atoms with Crippen molar-refractivity contribution in [3.8, 4) is 0 Å². The number of carbonyl (C=O) groups is 2. The second kappa shape index (κ2) is 10.1. The molecule has 2 aromatic rings. The number of nitrogens with one attached hydrogen (secondary N) is 2. The lowest BCUT2D eigenvalue weighted by molar-refractivity contribution is -0.134. The number of hydrogen-bond donors (Lipinski definition) is 3.